The van der Waals surface area contributed by atoms with E-state index in [1.54, 1.807) is 30.5 Å². The first kappa shape index (κ1) is 17.4. The molecule has 0 amide bonds. The number of carboxylic acid groups (broad SMARTS) is 1. The average molecular weight is 367 g/mol. The third-order valence-corrected chi connectivity index (χ3v) is 4.66. The van der Waals surface area contributed by atoms with Crippen LogP contribution in [-0.4, -0.2) is 20.2 Å². The molecule has 136 valence electrons. The summed E-state index contributed by atoms with van der Waals surface area (Å²) in [6.07, 6.45) is 5.68. The Balaban J connectivity index is 1.71. The van der Waals surface area contributed by atoms with Crippen LogP contribution in [0, 0.1) is 11.3 Å². The van der Waals surface area contributed by atoms with Gasteiger partial charge in [0.15, 0.2) is 0 Å². The van der Waals surface area contributed by atoms with Crippen molar-refractivity contribution in [3.05, 3.63) is 102 Å². The van der Waals surface area contributed by atoms with Gasteiger partial charge in [-0.3, -0.25) is 0 Å². The normalized spacial score (nSPS) is 10.5. The molecule has 0 saturated heterocycles. The van der Waals surface area contributed by atoms with Crippen molar-refractivity contribution in [3.8, 4) is 23.0 Å². The van der Waals surface area contributed by atoms with Gasteiger partial charge in [0.1, 0.15) is 6.07 Å². The fraction of sp³-hybridized carbons (Fsp3) is 0.0435. The van der Waals surface area contributed by atoms with E-state index in [1.807, 2.05) is 47.3 Å². The highest BCUT2D eigenvalue weighted by molar-refractivity contribution is 5.87. The molecule has 4 rings (SSSR count). The summed E-state index contributed by atoms with van der Waals surface area (Å²) in [6, 6.07) is 23.0. The number of carbonyl (C=O) groups is 1. The largest absolute Gasteiger partial charge is 0.478 e. The van der Waals surface area contributed by atoms with Gasteiger partial charge >= 0.3 is 5.97 Å². The maximum Gasteiger partial charge on any atom is 0.335 e. The Kier molecular flexibility index (Phi) is 4.53. The van der Waals surface area contributed by atoms with E-state index in [0.717, 1.165) is 16.9 Å². The molecule has 0 fully saturated rings. The second kappa shape index (κ2) is 7.29. The topological polar surface area (TPSA) is 70.9 Å². The lowest BCUT2D eigenvalue weighted by atomic mass is 10.1. The molecule has 0 atom stereocenters. The minimum atomic E-state index is -0.962. The van der Waals surface area contributed by atoms with Crippen molar-refractivity contribution in [1.82, 2.24) is 9.13 Å². The molecule has 0 spiro atoms. The predicted molar refractivity (Wildman–Crippen MR) is 106 cm³/mol. The van der Waals surface area contributed by atoms with Gasteiger partial charge in [-0.05, 0) is 42.0 Å². The molecule has 2 aromatic carbocycles. The van der Waals surface area contributed by atoms with Crippen LogP contribution in [0.15, 0.2) is 85.3 Å². The Morgan fingerprint density at radius 3 is 2.39 bits per heavy atom. The molecule has 0 aliphatic heterocycles. The van der Waals surface area contributed by atoms with Gasteiger partial charge in [0.25, 0.3) is 0 Å². The molecular weight excluding hydrogens is 350 g/mol. The van der Waals surface area contributed by atoms with Gasteiger partial charge in [-0.15, -0.1) is 0 Å². The van der Waals surface area contributed by atoms with Crippen LogP contribution in [0.4, 0.5) is 0 Å². The fourth-order valence-electron chi connectivity index (χ4n) is 3.25. The summed E-state index contributed by atoms with van der Waals surface area (Å²) in [5, 5.41) is 18.7. The molecule has 0 unspecified atom stereocenters. The molecule has 0 radical (unpaired) electrons. The third-order valence-electron chi connectivity index (χ3n) is 4.66. The van der Waals surface area contributed by atoms with Gasteiger partial charge in [0.2, 0.25) is 0 Å². The van der Waals surface area contributed by atoms with E-state index in [1.165, 1.54) is 5.56 Å². The van der Waals surface area contributed by atoms with E-state index >= 15 is 0 Å². The monoisotopic (exact) mass is 367 g/mol. The van der Waals surface area contributed by atoms with E-state index in [9.17, 15) is 10.1 Å². The van der Waals surface area contributed by atoms with Crippen LogP contribution in [0.3, 0.4) is 0 Å². The second-order valence-electron chi connectivity index (χ2n) is 6.46. The molecule has 4 aromatic rings. The molecule has 5 heteroatoms. The number of hydrogen-bond acceptors (Lipinski definition) is 2. The standard InChI is InChI=1S/C23H17N3O2/c24-13-19-15-26(20-10-8-18(9-11-20)23(27)28)16-21(19)22-7-4-12-25(22)14-17-5-2-1-3-6-17/h1-12,15-16H,14H2,(H,27,28). The quantitative estimate of drug-likeness (QED) is 0.562. The van der Waals surface area contributed by atoms with Crippen LogP contribution in [0.2, 0.25) is 0 Å². The lowest BCUT2D eigenvalue weighted by Crippen LogP contribution is -2.00. The first-order valence-electron chi connectivity index (χ1n) is 8.81. The van der Waals surface area contributed by atoms with Crippen LogP contribution < -0.4 is 0 Å². The Morgan fingerprint density at radius 2 is 1.71 bits per heavy atom. The first-order valence-corrected chi connectivity index (χ1v) is 8.81. The summed E-state index contributed by atoms with van der Waals surface area (Å²) in [5.74, 6) is -0.962. The molecule has 0 aliphatic rings. The van der Waals surface area contributed by atoms with Gasteiger partial charge in [-0.1, -0.05) is 30.3 Å². The zero-order chi connectivity index (χ0) is 19.5. The lowest BCUT2D eigenvalue weighted by molar-refractivity contribution is 0.0697. The van der Waals surface area contributed by atoms with Crippen LogP contribution in [0.25, 0.3) is 16.9 Å². The number of aromatic carboxylic acids is 1. The van der Waals surface area contributed by atoms with Gasteiger partial charge in [0, 0.05) is 36.4 Å². The van der Waals surface area contributed by atoms with Crippen molar-refractivity contribution >= 4 is 5.97 Å². The maximum atomic E-state index is 11.0. The Hall–Kier alpha value is -4.04. The summed E-state index contributed by atoms with van der Waals surface area (Å²) in [5.41, 5.74) is 4.58. The fourth-order valence-corrected chi connectivity index (χ4v) is 3.25. The van der Waals surface area contributed by atoms with Crippen molar-refractivity contribution in [2.24, 2.45) is 0 Å². The molecule has 2 aromatic heterocycles. The highest BCUT2D eigenvalue weighted by Crippen LogP contribution is 2.27. The zero-order valence-electron chi connectivity index (χ0n) is 15.0. The minimum absolute atomic E-state index is 0.230. The third kappa shape index (κ3) is 3.31. The summed E-state index contributed by atoms with van der Waals surface area (Å²) in [4.78, 5) is 11.0. The number of benzene rings is 2. The van der Waals surface area contributed by atoms with E-state index in [4.69, 9.17) is 5.11 Å². The highest BCUT2D eigenvalue weighted by atomic mass is 16.4. The number of aromatic nitrogens is 2. The maximum absolute atomic E-state index is 11.0. The van der Waals surface area contributed by atoms with Crippen LogP contribution >= 0.6 is 0 Å². The number of nitrogens with zero attached hydrogens (tertiary/aromatic N) is 3. The number of hydrogen-bond donors (Lipinski definition) is 1. The number of rotatable bonds is 5. The molecule has 5 nitrogen and oxygen atoms in total. The zero-order valence-corrected chi connectivity index (χ0v) is 15.0. The highest BCUT2D eigenvalue weighted by Gasteiger charge is 2.14. The average Bonchev–Trinajstić information content (AvgIpc) is 3.35. The van der Waals surface area contributed by atoms with Crippen LogP contribution in [0.5, 0.6) is 0 Å². The number of nitriles is 1. The van der Waals surface area contributed by atoms with Crippen molar-refractivity contribution in [2.75, 3.05) is 0 Å². The molecular formula is C23H17N3O2. The smallest absolute Gasteiger partial charge is 0.335 e. The van der Waals surface area contributed by atoms with Crippen LogP contribution in [-0.2, 0) is 6.54 Å². The summed E-state index contributed by atoms with van der Waals surface area (Å²) >= 11 is 0. The van der Waals surface area contributed by atoms with Crippen molar-refractivity contribution in [2.45, 2.75) is 6.54 Å². The minimum Gasteiger partial charge on any atom is -0.478 e. The first-order chi connectivity index (χ1) is 13.7. The van der Waals surface area contributed by atoms with Crippen molar-refractivity contribution < 1.29 is 9.90 Å². The Labute approximate surface area is 162 Å². The van der Waals surface area contributed by atoms with Gasteiger partial charge in [-0.25, -0.2) is 4.79 Å². The number of carboxylic acids is 1. The molecule has 0 aliphatic carbocycles. The van der Waals surface area contributed by atoms with Gasteiger partial charge in [-0.2, -0.15) is 5.26 Å². The Bertz CT molecular complexity index is 1160. The van der Waals surface area contributed by atoms with Crippen LogP contribution in [0.1, 0.15) is 21.5 Å². The molecule has 0 saturated carbocycles. The van der Waals surface area contributed by atoms with Gasteiger partial charge < -0.3 is 14.2 Å². The Morgan fingerprint density at radius 1 is 0.964 bits per heavy atom. The summed E-state index contributed by atoms with van der Waals surface area (Å²) in [6.45, 7) is 0.715. The molecule has 0 bridgehead atoms. The molecule has 1 N–H and O–H groups in total. The van der Waals surface area contributed by atoms with Crippen molar-refractivity contribution in [1.29, 1.82) is 5.26 Å². The van der Waals surface area contributed by atoms with E-state index in [-0.39, 0.29) is 5.56 Å². The van der Waals surface area contributed by atoms with E-state index in [0.29, 0.717) is 12.1 Å². The predicted octanol–water partition coefficient (Wildman–Crippen LogP) is 4.56. The lowest BCUT2D eigenvalue weighted by Gasteiger charge is -2.09. The summed E-state index contributed by atoms with van der Waals surface area (Å²) < 4.78 is 3.96. The second-order valence-corrected chi connectivity index (χ2v) is 6.46. The summed E-state index contributed by atoms with van der Waals surface area (Å²) in [7, 11) is 0. The SMILES string of the molecule is N#Cc1cn(-c2ccc(C(=O)O)cc2)cc1-c1cccn1Cc1ccccc1. The van der Waals surface area contributed by atoms with E-state index in [2.05, 4.69) is 22.8 Å². The molecule has 2 heterocycles. The molecule has 28 heavy (non-hydrogen) atoms. The van der Waals surface area contributed by atoms with Crippen molar-refractivity contribution in [3.63, 3.8) is 0 Å². The van der Waals surface area contributed by atoms with E-state index < -0.39 is 5.97 Å². The van der Waals surface area contributed by atoms with Gasteiger partial charge in [0.05, 0.1) is 16.8 Å².